The summed E-state index contributed by atoms with van der Waals surface area (Å²) < 4.78 is 1.97. The molecule has 2 atom stereocenters. The molecule has 0 aliphatic carbocycles. The predicted octanol–water partition coefficient (Wildman–Crippen LogP) is 1.13. The van der Waals surface area contributed by atoms with Crippen LogP contribution in [0, 0.1) is 0 Å². The lowest BCUT2D eigenvalue weighted by Crippen LogP contribution is -2.32. The summed E-state index contributed by atoms with van der Waals surface area (Å²) in [7, 11) is 0. The van der Waals surface area contributed by atoms with Crippen LogP contribution in [0.1, 0.15) is 50.5 Å². The molecule has 100 valence electrons. The number of aromatic nitrogens is 3. The number of likely N-dealkylation sites (N-methyl/N-ethyl adjacent to an activating group) is 1. The molecule has 1 aromatic heterocycles. The molecule has 3 heterocycles. The van der Waals surface area contributed by atoms with Crippen molar-refractivity contribution in [2.75, 3.05) is 13.1 Å². The van der Waals surface area contributed by atoms with Crippen LogP contribution in [0.25, 0.3) is 0 Å². The van der Waals surface area contributed by atoms with E-state index >= 15 is 0 Å². The third-order valence-electron chi connectivity index (χ3n) is 4.32. The number of aryl methyl sites for hydroxylation is 1. The second-order valence-corrected chi connectivity index (χ2v) is 5.40. The van der Waals surface area contributed by atoms with E-state index in [4.69, 9.17) is 0 Å². The number of nitrogens with zero attached hydrogens (tertiary/aromatic N) is 4. The molecule has 3 rings (SSSR count). The molecule has 2 unspecified atom stereocenters. The highest BCUT2D eigenvalue weighted by atomic mass is 16.3. The summed E-state index contributed by atoms with van der Waals surface area (Å²) in [5, 5.41) is 18.6. The van der Waals surface area contributed by atoms with Gasteiger partial charge in [0.1, 0.15) is 17.9 Å². The minimum atomic E-state index is -0.407. The van der Waals surface area contributed by atoms with E-state index in [1.807, 2.05) is 4.57 Å². The quantitative estimate of drug-likeness (QED) is 0.874. The zero-order chi connectivity index (χ0) is 12.5. The van der Waals surface area contributed by atoms with E-state index in [-0.39, 0.29) is 0 Å². The van der Waals surface area contributed by atoms with E-state index in [1.54, 1.807) is 0 Å². The molecule has 5 nitrogen and oxygen atoms in total. The minimum absolute atomic E-state index is 0.407. The summed E-state index contributed by atoms with van der Waals surface area (Å²) in [4.78, 5) is 2.51. The number of hydrogen-bond donors (Lipinski definition) is 1. The van der Waals surface area contributed by atoms with Gasteiger partial charge in [0.2, 0.25) is 0 Å². The molecule has 1 fully saturated rings. The summed E-state index contributed by atoms with van der Waals surface area (Å²) in [6, 6.07) is 0.581. The van der Waals surface area contributed by atoms with Crippen LogP contribution in [0.4, 0.5) is 0 Å². The third kappa shape index (κ3) is 2.06. The van der Waals surface area contributed by atoms with Crippen LogP contribution in [0.3, 0.4) is 0 Å². The molecule has 0 bridgehead atoms. The maximum absolute atomic E-state index is 10.1. The monoisotopic (exact) mass is 250 g/mol. The van der Waals surface area contributed by atoms with Gasteiger partial charge < -0.3 is 10.0 Å². The Balaban J connectivity index is 1.79. The average Bonchev–Trinajstić information content (AvgIpc) is 2.97. The molecule has 0 saturated carbocycles. The van der Waals surface area contributed by atoms with Gasteiger partial charge in [-0.2, -0.15) is 0 Å². The fourth-order valence-electron chi connectivity index (χ4n) is 3.34. The van der Waals surface area contributed by atoms with Gasteiger partial charge in [0.25, 0.3) is 0 Å². The Morgan fingerprint density at radius 1 is 1.28 bits per heavy atom. The van der Waals surface area contributed by atoms with E-state index in [2.05, 4.69) is 22.0 Å². The van der Waals surface area contributed by atoms with E-state index in [9.17, 15) is 5.11 Å². The van der Waals surface area contributed by atoms with Crippen molar-refractivity contribution in [3.8, 4) is 0 Å². The summed E-state index contributed by atoms with van der Waals surface area (Å²) in [5.41, 5.74) is 0. The normalized spacial score (nSPS) is 28.6. The van der Waals surface area contributed by atoms with Gasteiger partial charge in [0.05, 0.1) is 0 Å². The second kappa shape index (κ2) is 4.97. The summed E-state index contributed by atoms with van der Waals surface area (Å²) in [6.45, 7) is 4.52. The van der Waals surface area contributed by atoms with Gasteiger partial charge in [-0.15, -0.1) is 10.2 Å². The molecule has 18 heavy (non-hydrogen) atoms. The Hall–Kier alpha value is -0.940. The highest BCUT2D eigenvalue weighted by molar-refractivity contribution is 5.03. The van der Waals surface area contributed by atoms with E-state index in [0.717, 1.165) is 43.9 Å². The van der Waals surface area contributed by atoms with Crippen LogP contribution in [-0.4, -0.2) is 43.9 Å². The first-order valence-electron chi connectivity index (χ1n) is 7.14. The lowest BCUT2D eigenvalue weighted by molar-refractivity contribution is 0.0738. The first-order chi connectivity index (χ1) is 8.79. The Kier molecular flexibility index (Phi) is 3.35. The van der Waals surface area contributed by atoms with Crippen molar-refractivity contribution in [2.45, 2.75) is 57.7 Å². The molecule has 0 amide bonds. The SMILES string of the molecule is CCN1CCCC1Cc1nnc2n1C(O)CCC2. The molecule has 5 heteroatoms. The molecule has 0 aromatic carbocycles. The maximum Gasteiger partial charge on any atom is 0.136 e. The molecule has 0 spiro atoms. The summed E-state index contributed by atoms with van der Waals surface area (Å²) >= 11 is 0. The molecule has 1 saturated heterocycles. The van der Waals surface area contributed by atoms with Gasteiger partial charge in [-0.05, 0) is 38.8 Å². The van der Waals surface area contributed by atoms with Crippen molar-refractivity contribution in [1.82, 2.24) is 19.7 Å². The van der Waals surface area contributed by atoms with E-state index in [1.165, 1.54) is 19.4 Å². The van der Waals surface area contributed by atoms with Crippen LogP contribution in [0.2, 0.25) is 0 Å². The van der Waals surface area contributed by atoms with Crippen molar-refractivity contribution in [3.63, 3.8) is 0 Å². The Morgan fingerprint density at radius 3 is 3.00 bits per heavy atom. The number of likely N-dealkylation sites (tertiary alicyclic amines) is 1. The zero-order valence-electron chi connectivity index (χ0n) is 11.0. The summed E-state index contributed by atoms with van der Waals surface area (Å²) in [5.74, 6) is 1.94. The standard InChI is InChI=1S/C13H22N4O/c1-2-16-8-4-5-10(16)9-12-15-14-11-6-3-7-13(18)17(11)12/h10,13,18H,2-9H2,1H3. The van der Waals surface area contributed by atoms with Crippen LogP contribution < -0.4 is 0 Å². The Labute approximate surface area is 108 Å². The first-order valence-corrected chi connectivity index (χ1v) is 7.14. The Bertz CT molecular complexity index is 417. The number of hydrogen-bond acceptors (Lipinski definition) is 4. The summed E-state index contributed by atoms with van der Waals surface area (Å²) in [6.07, 6.45) is 5.85. The van der Waals surface area contributed by atoms with Crippen LogP contribution in [-0.2, 0) is 12.8 Å². The van der Waals surface area contributed by atoms with Crippen molar-refractivity contribution >= 4 is 0 Å². The van der Waals surface area contributed by atoms with Crippen LogP contribution in [0.5, 0.6) is 0 Å². The van der Waals surface area contributed by atoms with Gasteiger partial charge in [-0.25, -0.2) is 0 Å². The number of fused-ring (bicyclic) bond motifs is 1. The molecule has 1 N–H and O–H groups in total. The second-order valence-electron chi connectivity index (χ2n) is 5.40. The number of aliphatic hydroxyl groups excluding tert-OH is 1. The fraction of sp³-hybridized carbons (Fsp3) is 0.846. The molecule has 2 aliphatic rings. The zero-order valence-corrected chi connectivity index (χ0v) is 11.0. The van der Waals surface area contributed by atoms with Gasteiger partial charge in [-0.1, -0.05) is 6.92 Å². The highest BCUT2D eigenvalue weighted by Gasteiger charge is 2.28. The molecular formula is C13H22N4O. The van der Waals surface area contributed by atoms with Crippen molar-refractivity contribution in [1.29, 1.82) is 0 Å². The maximum atomic E-state index is 10.1. The van der Waals surface area contributed by atoms with Crippen LogP contribution >= 0.6 is 0 Å². The third-order valence-corrected chi connectivity index (χ3v) is 4.32. The lowest BCUT2D eigenvalue weighted by Gasteiger charge is -2.25. The van der Waals surface area contributed by atoms with Crippen molar-refractivity contribution in [3.05, 3.63) is 11.6 Å². The topological polar surface area (TPSA) is 54.2 Å². The van der Waals surface area contributed by atoms with Gasteiger partial charge in [0, 0.05) is 18.9 Å². The van der Waals surface area contributed by atoms with E-state index < -0.39 is 6.23 Å². The number of rotatable bonds is 3. The van der Waals surface area contributed by atoms with E-state index in [0.29, 0.717) is 6.04 Å². The first kappa shape index (κ1) is 12.1. The lowest BCUT2D eigenvalue weighted by atomic mass is 10.1. The molecular weight excluding hydrogens is 228 g/mol. The van der Waals surface area contributed by atoms with Crippen LogP contribution in [0.15, 0.2) is 0 Å². The minimum Gasteiger partial charge on any atom is -0.373 e. The molecule has 1 aromatic rings. The number of aliphatic hydroxyl groups is 1. The van der Waals surface area contributed by atoms with Crippen molar-refractivity contribution < 1.29 is 5.11 Å². The fourth-order valence-corrected chi connectivity index (χ4v) is 3.34. The largest absolute Gasteiger partial charge is 0.373 e. The molecule has 2 aliphatic heterocycles. The predicted molar refractivity (Wildman–Crippen MR) is 68.2 cm³/mol. The average molecular weight is 250 g/mol. The highest BCUT2D eigenvalue weighted by Crippen LogP contribution is 2.26. The van der Waals surface area contributed by atoms with Crippen molar-refractivity contribution in [2.24, 2.45) is 0 Å². The van der Waals surface area contributed by atoms with Gasteiger partial charge >= 0.3 is 0 Å². The Morgan fingerprint density at radius 2 is 2.17 bits per heavy atom. The van der Waals surface area contributed by atoms with Gasteiger partial charge in [-0.3, -0.25) is 4.57 Å². The smallest absolute Gasteiger partial charge is 0.136 e. The molecule has 0 radical (unpaired) electrons. The van der Waals surface area contributed by atoms with Gasteiger partial charge in [0.15, 0.2) is 0 Å².